The smallest absolute Gasteiger partial charge is 0.0441 e. The fourth-order valence-electron chi connectivity index (χ4n) is 3.29. The van der Waals surface area contributed by atoms with E-state index in [4.69, 9.17) is 5.73 Å². The van der Waals surface area contributed by atoms with E-state index in [1.54, 1.807) is 0 Å². The molecule has 1 aromatic carbocycles. The Hall–Kier alpha value is -1.41. The van der Waals surface area contributed by atoms with Crippen LogP contribution < -0.4 is 5.73 Å². The standard InChI is InChI=1S/C16H18N2/c1-9-14-6-13(17)5-11(14)4-12-8-18-16(7-15(9)12)10-2-3-10/h4,7-8,10,13H,2-3,5-6,17H2,1H3/t13-/m1/s1. The Morgan fingerprint density at radius 1 is 1.22 bits per heavy atom. The van der Waals surface area contributed by atoms with Crippen molar-refractivity contribution >= 4 is 10.8 Å². The Morgan fingerprint density at radius 2 is 2.06 bits per heavy atom. The first kappa shape index (κ1) is 10.5. The summed E-state index contributed by atoms with van der Waals surface area (Å²) in [5.41, 5.74) is 11.7. The van der Waals surface area contributed by atoms with Gasteiger partial charge in [0.25, 0.3) is 0 Å². The van der Waals surface area contributed by atoms with Crippen molar-refractivity contribution in [1.29, 1.82) is 0 Å². The van der Waals surface area contributed by atoms with Crippen molar-refractivity contribution in [1.82, 2.24) is 4.98 Å². The van der Waals surface area contributed by atoms with E-state index in [9.17, 15) is 0 Å². The zero-order valence-electron chi connectivity index (χ0n) is 10.7. The molecule has 0 bridgehead atoms. The molecule has 1 atom stereocenters. The van der Waals surface area contributed by atoms with Crippen molar-refractivity contribution in [3.05, 3.63) is 40.7 Å². The largest absolute Gasteiger partial charge is 0.327 e. The highest BCUT2D eigenvalue weighted by molar-refractivity contribution is 5.87. The van der Waals surface area contributed by atoms with Gasteiger partial charge in [0, 0.05) is 29.2 Å². The molecule has 0 radical (unpaired) electrons. The first-order valence-corrected chi connectivity index (χ1v) is 6.89. The molecule has 1 fully saturated rings. The van der Waals surface area contributed by atoms with Crippen molar-refractivity contribution in [3.8, 4) is 0 Å². The summed E-state index contributed by atoms with van der Waals surface area (Å²) in [6.45, 7) is 2.25. The van der Waals surface area contributed by atoms with Crippen molar-refractivity contribution in [2.45, 2.75) is 44.6 Å². The molecule has 0 aliphatic heterocycles. The number of pyridine rings is 1. The van der Waals surface area contributed by atoms with Crippen LogP contribution in [-0.2, 0) is 12.8 Å². The molecule has 2 aromatic rings. The van der Waals surface area contributed by atoms with Crippen LogP contribution in [-0.4, -0.2) is 11.0 Å². The number of rotatable bonds is 1. The average molecular weight is 238 g/mol. The Balaban J connectivity index is 1.95. The SMILES string of the molecule is Cc1c2c(cc3cnc(C4CC4)cc13)C[C@@H](N)C2. The second kappa shape index (κ2) is 3.55. The molecule has 0 amide bonds. The summed E-state index contributed by atoms with van der Waals surface area (Å²) in [7, 11) is 0. The maximum atomic E-state index is 6.09. The van der Waals surface area contributed by atoms with E-state index in [0.29, 0.717) is 6.04 Å². The Labute approximate surface area is 107 Å². The van der Waals surface area contributed by atoms with Gasteiger partial charge in [-0.2, -0.15) is 0 Å². The van der Waals surface area contributed by atoms with E-state index in [2.05, 4.69) is 30.2 Å². The lowest BCUT2D eigenvalue weighted by atomic mass is 9.97. The van der Waals surface area contributed by atoms with E-state index in [-0.39, 0.29) is 0 Å². The first-order chi connectivity index (χ1) is 8.72. The second-order valence-electron chi connectivity index (χ2n) is 5.91. The maximum Gasteiger partial charge on any atom is 0.0441 e. The van der Waals surface area contributed by atoms with Crippen LogP contribution in [0.2, 0.25) is 0 Å². The summed E-state index contributed by atoms with van der Waals surface area (Å²) in [5, 5.41) is 2.67. The predicted octanol–water partition coefficient (Wildman–Crippen LogP) is 2.85. The minimum atomic E-state index is 0.311. The van der Waals surface area contributed by atoms with Gasteiger partial charge in [-0.1, -0.05) is 0 Å². The van der Waals surface area contributed by atoms with Gasteiger partial charge in [0.05, 0.1) is 0 Å². The molecular weight excluding hydrogens is 220 g/mol. The van der Waals surface area contributed by atoms with Gasteiger partial charge in [-0.3, -0.25) is 4.98 Å². The van der Waals surface area contributed by atoms with Crippen LogP contribution in [0.3, 0.4) is 0 Å². The molecule has 4 rings (SSSR count). The van der Waals surface area contributed by atoms with E-state index < -0.39 is 0 Å². The molecule has 0 unspecified atom stereocenters. The van der Waals surface area contributed by atoms with Gasteiger partial charge in [0.15, 0.2) is 0 Å². The third-order valence-corrected chi connectivity index (χ3v) is 4.47. The highest BCUT2D eigenvalue weighted by Gasteiger charge is 2.26. The number of aryl methyl sites for hydroxylation is 1. The Kier molecular flexibility index (Phi) is 2.07. The average Bonchev–Trinajstić information content (AvgIpc) is 3.13. The number of hydrogen-bond donors (Lipinski definition) is 1. The molecule has 1 aromatic heterocycles. The van der Waals surface area contributed by atoms with Crippen LogP contribution in [0.15, 0.2) is 18.3 Å². The molecule has 1 heterocycles. The molecule has 0 saturated heterocycles. The van der Waals surface area contributed by atoms with Crippen LogP contribution in [0.25, 0.3) is 10.8 Å². The lowest BCUT2D eigenvalue weighted by Crippen LogP contribution is -2.19. The van der Waals surface area contributed by atoms with Gasteiger partial charge in [0.1, 0.15) is 0 Å². The summed E-state index contributed by atoms with van der Waals surface area (Å²) >= 11 is 0. The van der Waals surface area contributed by atoms with Gasteiger partial charge >= 0.3 is 0 Å². The third-order valence-electron chi connectivity index (χ3n) is 4.47. The molecule has 18 heavy (non-hydrogen) atoms. The first-order valence-electron chi connectivity index (χ1n) is 6.89. The fraction of sp³-hybridized carbons (Fsp3) is 0.438. The van der Waals surface area contributed by atoms with Crippen LogP contribution >= 0.6 is 0 Å². The van der Waals surface area contributed by atoms with E-state index in [1.807, 2.05) is 0 Å². The van der Waals surface area contributed by atoms with Gasteiger partial charge in [-0.05, 0) is 66.8 Å². The molecule has 92 valence electrons. The molecule has 2 aliphatic rings. The molecule has 2 heteroatoms. The summed E-state index contributed by atoms with van der Waals surface area (Å²) in [6.07, 6.45) is 6.75. The summed E-state index contributed by atoms with van der Waals surface area (Å²) in [5.74, 6) is 0.726. The van der Waals surface area contributed by atoms with E-state index in [0.717, 1.165) is 18.8 Å². The summed E-state index contributed by atoms with van der Waals surface area (Å²) in [6, 6.07) is 4.92. The van der Waals surface area contributed by atoms with Gasteiger partial charge in [-0.15, -0.1) is 0 Å². The van der Waals surface area contributed by atoms with Crippen LogP contribution in [0.1, 0.15) is 41.1 Å². The fourth-order valence-corrected chi connectivity index (χ4v) is 3.29. The third kappa shape index (κ3) is 1.49. The number of fused-ring (bicyclic) bond motifs is 2. The van der Waals surface area contributed by atoms with Crippen molar-refractivity contribution < 1.29 is 0 Å². The minimum absolute atomic E-state index is 0.311. The lowest BCUT2D eigenvalue weighted by molar-refractivity contribution is 0.720. The molecular formula is C16H18N2. The lowest BCUT2D eigenvalue weighted by Gasteiger charge is -2.10. The molecule has 0 spiro atoms. The van der Waals surface area contributed by atoms with Crippen LogP contribution in [0.5, 0.6) is 0 Å². The molecule has 2 aliphatic carbocycles. The molecule has 2 N–H and O–H groups in total. The highest BCUT2D eigenvalue weighted by Crippen LogP contribution is 2.40. The highest BCUT2D eigenvalue weighted by atomic mass is 14.7. The van der Waals surface area contributed by atoms with Crippen molar-refractivity contribution in [2.75, 3.05) is 0 Å². The van der Waals surface area contributed by atoms with Gasteiger partial charge in [-0.25, -0.2) is 0 Å². The van der Waals surface area contributed by atoms with Gasteiger partial charge in [0.2, 0.25) is 0 Å². The maximum absolute atomic E-state index is 6.09. The number of aromatic nitrogens is 1. The Bertz CT molecular complexity index is 641. The normalized spacial score (nSPS) is 22.4. The predicted molar refractivity (Wildman–Crippen MR) is 73.8 cm³/mol. The monoisotopic (exact) mass is 238 g/mol. The topological polar surface area (TPSA) is 38.9 Å². The van der Waals surface area contributed by atoms with Gasteiger partial charge < -0.3 is 5.73 Å². The van der Waals surface area contributed by atoms with Crippen molar-refractivity contribution in [2.24, 2.45) is 5.73 Å². The van der Waals surface area contributed by atoms with Crippen LogP contribution in [0.4, 0.5) is 0 Å². The zero-order chi connectivity index (χ0) is 12.3. The Morgan fingerprint density at radius 3 is 2.83 bits per heavy atom. The summed E-state index contributed by atoms with van der Waals surface area (Å²) in [4.78, 5) is 4.62. The molecule has 1 saturated carbocycles. The summed E-state index contributed by atoms with van der Waals surface area (Å²) < 4.78 is 0. The molecule has 2 nitrogen and oxygen atoms in total. The van der Waals surface area contributed by atoms with E-state index in [1.165, 1.54) is 46.0 Å². The zero-order valence-corrected chi connectivity index (χ0v) is 10.7. The quantitative estimate of drug-likeness (QED) is 0.829. The van der Waals surface area contributed by atoms with Crippen LogP contribution in [0, 0.1) is 6.92 Å². The number of nitrogens with two attached hydrogens (primary N) is 1. The number of benzene rings is 1. The second-order valence-corrected chi connectivity index (χ2v) is 5.91. The number of nitrogens with zero attached hydrogens (tertiary/aromatic N) is 1. The minimum Gasteiger partial charge on any atom is -0.327 e. The van der Waals surface area contributed by atoms with E-state index >= 15 is 0 Å². The number of hydrogen-bond acceptors (Lipinski definition) is 2. The van der Waals surface area contributed by atoms with Crippen molar-refractivity contribution in [3.63, 3.8) is 0 Å².